The van der Waals surface area contributed by atoms with Crippen LogP contribution in [0.1, 0.15) is 35.7 Å². The molecule has 1 atom stereocenters. The van der Waals surface area contributed by atoms with Gasteiger partial charge in [-0.15, -0.1) is 0 Å². The molecule has 0 spiro atoms. The molecular weight excluding hydrogens is 374 g/mol. The van der Waals surface area contributed by atoms with Gasteiger partial charge in [0.1, 0.15) is 0 Å². The van der Waals surface area contributed by atoms with E-state index in [0.29, 0.717) is 29.5 Å². The smallest absolute Gasteiger partial charge is 0.284 e. The fraction of sp³-hybridized carbons (Fsp3) is 0.381. The van der Waals surface area contributed by atoms with E-state index in [0.717, 1.165) is 23.3 Å². The first-order valence-corrected chi connectivity index (χ1v) is 10.2. The third kappa shape index (κ3) is 4.72. The molecule has 28 heavy (non-hydrogen) atoms. The van der Waals surface area contributed by atoms with Crippen LogP contribution < -0.4 is 5.73 Å². The summed E-state index contributed by atoms with van der Waals surface area (Å²) in [5.74, 6) is 0.268. The second-order valence-corrected chi connectivity index (χ2v) is 8.46. The van der Waals surface area contributed by atoms with Crippen molar-refractivity contribution in [3.05, 3.63) is 63.7 Å². The van der Waals surface area contributed by atoms with Gasteiger partial charge in [0.05, 0.1) is 9.82 Å². The van der Waals surface area contributed by atoms with Gasteiger partial charge in [0.25, 0.3) is 11.6 Å². The van der Waals surface area contributed by atoms with Crippen molar-refractivity contribution >= 4 is 23.4 Å². The molecule has 2 N–H and O–H groups in total. The van der Waals surface area contributed by atoms with E-state index >= 15 is 0 Å². The number of piperidine rings is 1. The Bertz CT molecular complexity index is 860. The van der Waals surface area contributed by atoms with E-state index in [-0.39, 0.29) is 17.6 Å². The zero-order valence-electron chi connectivity index (χ0n) is 16.1. The molecule has 2 aromatic rings. The van der Waals surface area contributed by atoms with E-state index in [4.69, 9.17) is 5.73 Å². The van der Waals surface area contributed by atoms with Crippen LogP contribution in [0.25, 0.3) is 0 Å². The summed E-state index contributed by atoms with van der Waals surface area (Å²) in [4.78, 5) is 27.2. The normalized spacial score (nSPS) is 16.0. The van der Waals surface area contributed by atoms with Gasteiger partial charge >= 0.3 is 0 Å². The van der Waals surface area contributed by atoms with Crippen LogP contribution in [0, 0.1) is 23.0 Å². The number of benzene rings is 2. The van der Waals surface area contributed by atoms with E-state index in [2.05, 4.69) is 0 Å². The molecule has 148 valence electrons. The lowest BCUT2D eigenvalue weighted by Gasteiger charge is -2.33. The zero-order valence-corrected chi connectivity index (χ0v) is 16.9. The van der Waals surface area contributed by atoms with Gasteiger partial charge in [-0.3, -0.25) is 14.9 Å². The predicted molar refractivity (Wildman–Crippen MR) is 111 cm³/mol. The van der Waals surface area contributed by atoms with Gasteiger partial charge in [-0.25, -0.2) is 0 Å². The van der Waals surface area contributed by atoms with E-state index in [9.17, 15) is 14.9 Å². The Labute approximate surface area is 169 Å². The average molecular weight is 400 g/mol. The van der Waals surface area contributed by atoms with Crippen molar-refractivity contribution in [1.82, 2.24) is 4.90 Å². The molecule has 1 fully saturated rings. The zero-order chi connectivity index (χ0) is 20.3. The van der Waals surface area contributed by atoms with Crippen LogP contribution in [-0.2, 0) is 0 Å². The van der Waals surface area contributed by atoms with Crippen molar-refractivity contribution in [2.45, 2.75) is 42.5 Å². The number of hydrogen-bond acceptors (Lipinski definition) is 5. The molecule has 0 aliphatic carbocycles. The van der Waals surface area contributed by atoms with Crippen LogP contribution in [0.15, 0.2) is 52.3 Å². The number of carbonyl (C=O) groups is 1. The average Bonchev–Trinajstić information content (AvgIpc) is 2.69. The third-order valence-corrected chi connectivity index (χ3v) is 6.29. The Hall–Kier alpha value is -2.38. The second-order valence-electron chi connectivity index (χ2n) is 7.34. The van der Waals surface area contributed by atoms with Crippen molar-refractivity contribution in [3.63, 3.8) is 0 Å². The summed E-state index contributed by atoms with van der Waals surface area (Å²) in [6.45, 7) is 5.27. The number of rotatable bonds is 5. The minimum absolute atomic E-state index is 0.0399. The van der Waals surface area contributed by atoms with E-state index in [1.54, 1.807) is 17.0 Å². The molecule has 0 saturated carbocycles. The molecular formula is C21H25N3O3S. The summed E-state index contributed by atoms with van der Waals surface area (Å²) in [5, 5.41) is 11.6. The highest BCUT2D eigenvalue weighted by atomic mass is 32.2. The van der Waals surface area contributed by atoms with Crippen molar-refractivity contribution in [2.24, 2.45) is 11.7 Å². The first-order valence-electron chi connectivity index (χ1n) is 9.43. The minimum Gasteiger partial charge on any atom is -0.339 e. The van der Waals surface area contributed by atoms with Crippen molar-refractivity contribution < 1.29 is 9.72 Å². The van der Waals surface area contributed by atoms with Crippen LogP contribution in [0.3, 0.4) is 0 Å². The number of likely N-dealkylation sites (tertiary alicyclic amines) is 1. The van der Waals surface area contributed by atoms with Crippen LogP contribution in [-0.4, -0.2) is 34.9 Å². The lowest BCUT2D eigenvalue weighted by atomic mass is 9.90. The fourth-order valence-electron chi connectivity index (χ4n) is 3.42. The van der Waals surface area contributed by atoms with Crippen LogP contribution >= 0.6 is 11.8 Å². The third-order valence-electron chi connectivity index (χ3n) is 5.22. The summed E-state index contributed by atoms with van der Waals surface area (Å²) in [7, 11) is 0. The van der Waals surface area contributed by atoms with Gasteiger partial charge < -0.3 is 10.6 Å². The Morgan fingerprint density at radius 1 is 1.21 bits per heavy atom. The first-order chi connectivity index (χ1) is 13.3. The van der Waals surface area contributed by atoms with Gasteiger partial charge in [-0.1, -0.05) is 29.5 Å². The predicted octanol–water partition coefficient (Wildman–Crippen LogP) is 4.25. The maximum atomic E-state index is 12.8. The summed E-state index contributed by atoms with van der Waals surface area (Å²) in [5.41, 5.74) is 7.41. The highest BCUT2D eigenvalue weighted by Gasteiger charge is 2.27. The number of nitrogens with zero attached hydrogens (tertiary/aromatic N) is 2. The first kappa shape index (κ1) is 20.4. The van der Waals surface area contributed by atoms with Gasteiger partial charge in [-0.05, 0) is 56.9 Å². The monoisotopic (exact) mass is 399 g/mol. The molecule has 0 aromatic heterocycles. The van der Waals surface area contributed by atoms with Crippen LogP contribution in [0.2, 0.25) is 0 Å². The molecule has 1 aliphatic heterocycles. The van der Waals surface area contributed by atoms with Gasteiger partial charge in [0.15, 0.2) is 0 Å². The number of hydrogen-bond donors (Lipinski definition) is 1. The van der Waals surface area contributed by atoms with E-state index in [1.807, 2.05) is 38.1 Å². The molecule has 1 unspecified atom stereocenters. The summed E-state index contributed by atoms with van der Waals surface area (Å²) in [6, 6.07) is 12.7. The number of aryl methyl sites for hydroxylation is 1. The molecule has 0 radical (unpaired) electrons. The van der Waals surface area contributed by atoms with Crippen molar-refractivity contribution in [1.29, 1.82) is 0 Å². The maximum absolute atomic E-state index is 12.8. The Kier molecular flexibility index (Phi) is 6.36. The molecule has 0 bridgehead atoms. The van der Waals surface area contributed by atoms with Gasteiger partial charge in [0.2, 0.25) is 0 Å². The summed E-state index contributed by atoms with van der Waals surface area (Å²) >= 11 is 1.33. The van der Waals surface area contributed by atoms with E-state index < -0.39 is 4.92 Å². The highest BCUT2D eigenvalue weighted by Crippen LogP contribution is 2.36. The maximum Gasteiger partial charge on any atom is 0.284 e. The minimum atomic E-state index is -0.421. The van der Waals surface area contributed by atoms with E-state index in [1.165, 1.54) is 17.8 Å². The molecule has 1 amide bonds. The molecule has 1 aliphatic rings. The quantitative estimate of drug-likeness (QED) is 0.599. The van der Waals surface area contributed by atoms with Gasteiger partial charge in [-0.2, -0.15) is 0 Å². The van der Waals surface area contributed by atoms with Crippen molar-refractivity contribution in [3.8, 4) is 0 Å². The Morgan fingerprint density at radius 2 is 1.86 bits per heavy atom. The van der Waals surface area contributed by atoms with Gasteiger partial charge in [0, 0.05) is 35.7 Å². The number of nitro groups is 1. The lowest BCUT2D eigenvalue weighted by Crippen LogP contribution is -2.42. The number of nitrogens with two attached hydrogens (primary N) is 1. The fourth-order valence-corrected chi connectivity index (χ4v) is 4.32. The highest BCUT2D eigenvalue weighted by molar-refractivity contribution is 7.99. The molecule has 1 heterocycles. The number of amides is 1. The summed E-state index contributed by atoms with van der Waals surface area (Å²) in [6.07, 6.45) is 1.74. The van der Waals surface area contributed by atoms with Crippen LogP contribution in [0.5, 0.6) is 0 Å². The lowest BCUT2D eigenvalue weighted by molar-refractivity contribution is -0.387. The molecule has 6 nitrogen and oxygen atoms in total. The van der Waals surface area contributed by atoms with Crippen molar-refractivity contribution in [2.75, 3.05) is 13.1 Å². The molecule has 1 saturated heterocycles. The molecule has 7 heteroatoms. The van der Waals surface area contributed by atoms with Crippen LogP contribution in [0.4, 0.5) is 5.69 Å². The second kappa shape index (κ2) is 8.75. The Morgan fingerprint density at radius 3 is 2.43 bits per heavy atom. The topological polar surface area (TPSA) is 89.5 Å². The molecule has 3 rings (SSSR count). The molecule has 2 aromatic carbocycles. The number of carbonyl (C=O) groups excluding carboxylic acids is 1. The standard InChI is InChI=1S/C21H25N3O3S/c1-14-3-6-18(7-4-14)28-20-8-5-17(13-19(20)24(26)27)21(25)23-11-9-16(10-12-23)15(2)22/h3-8,13,15-16H,9-12,22H2,1-2H3. The summed E-state index contributed by atoms with van der Waals surface area (Å²) < 4.78 is 0. The SMILES string of the molecule is Cc1ccc(Sc2ccc(C(=O)N3CCC(C(C)N)CC3)cc2[N+](=O)[O-])cc1. The Balaban J connectivity index is 1.78. The number of nitro benzene ring substituents is 1. The largest absolute Gasteiger partial charge is 0.339 e.